The molecule has 1 saturated heterocycles. The minimum atomic E-state index is 0.362. The summed E-state index contributed by atoms with van der Waals surface area (Å²) in [6.45, 7) is 3.26. The van der Waals surface area contributed by atoms with Crippen LogP contribution in [0.2, 0.25) is 0 Å². The van der Waals surface area contributed by atoms with Crippen molar-refractivity contribution in [2.75, 3.05) is 6.54 Å². The first-order valence-corrected chi connectivity index (χ1v) is 3.78. The molecule has 1 heterocycles. The summed E-state index contributed by atoms with van der Waals surface area (Å²) in [5.74, 6) is 0. The lowest BCUT2D eigenvalue weighted by Gasteiger charge is -2.11. The molecule has 2 unspecified atom stereocenters. The van der Waals surface area contributed by atoms with Gasteiger partial charge in [0.15, 0.2) is 0 Å². The summed E-state index contributed by atoms with van der Waals surface area (Å²) in [5.41, 5.74) is 5.63. The number of hydrogen-bond acceptors (Lipinski definition) is 2. The smallest absolute Gasteiger partial charge is 0.00821 e. The molecule has 0 bridgehead atoms. The van der Waals surface area contributed by atoms with E-state index in [4.69, 9.17) is 5.73 Å². The van der Waals surface area contributed by atoms with Crippen LogP contribution in [0.25, 0.3) is 0 Å². The van der Waals surface area contributed by atoms with Crippen LogP contribution < -0.4 is 11.1 Å². The highest BCUT2D eigenvalue weighted by atomic mass is 14.9. The van der Waals surface area contributed by atoms with Gasteiger partial charge >= 0.3 is 0 Å². The van der Waals surface area contributed by atoms with Gasteiger partial charge in [-0.25, -0.2) is 0 Å². The Balaban J connectivity index is 2.11. The van der Waals surface area contributed by atoms with Crippen molar-refractivity contribution in [3.63, 3.8) is 0 Å². The molecule has 2 atom stereocenters. The number of rotatable bonds is 2. The van der Waals surface area contributed by atoms with Crippen molar-refractivity contribution in [3.8, 4) is 0 Å². The molecule has 9 heavy (non-hydrogen) atoms. The zero-order valence-corrected chi connectivity index (χ0v) is 6.06. The van der Waals surface area contributed by atoms with Gasteiger partial charge in [0, 0.05) is 12.1 Å². The molecule has 1 aliphatic heterocycles. The Hall–Kier alpha value is -0.0800. The van der Waals surface area contributed by atoms with Crippen LogP contribution in [0.1, 0.15) is 26.2 Å². The van der Waals surface area contributed by atoms with Gasteiger partial charge in [-0.1, -0.05) is 0 Å². The third kappa shape index (κ3) is 2.33. The van der Waals surface area contributed by atoms with Gasteiger partial charge in [0.25, 0.3) is 0 Å². The lowest BCUT2D eigenvalue weighted by Crippen LogP contribution is -2.29. The Morgan fingerprint density at radius 3 is 3.00 bits per heavy atom. The zero-order valence-electron chi connectivity index (χ0n) is 6.06. The van der Waals surface area contributed by atoms with Gasteiger partial charge in [-0.15, -0.1) is 0 Å². The monoisotopic (exact) mass is 128 g/mol. The maximum atomic E-state index is 5.63. The molecule has 0 aromatic carbocycles. The summed E-state index contributed by atoms with van der Waals surface area (Å²) in [6.07, 6.45) is 3.79. The quantitative estimate of drug-likeness (QED) is 0.567. The van der Waals surface area contributed by atoms with Gasteiger partial charge in [0.05, 0.1) is 0 Å². The van der Waals surface area contributed by atoms with Crippen molar-refractivity contribution < 1.29 is 0 Å². The molecule has 1 fully saturated rings. The second-order valence-corrected chi connectivity index (χ2v) is 3.01. The van der Waals surface area contributed by atoms with E-state index in [0.717, 1.165) is 6.42 Å². The molecule has 0 saturated carbocycles. The molecule has 2 nitrogen and oxygen atoms in total. The van der Waals surface area contributed by atoms with E-state index < -0.39 is 0 Å². The lowest BCUT2D eigenvalue weighted by atomic mass is 10.1. The maximum Gasteiger partial charge on any atom is 0.00821 e. The summed E-state index contributed by atoms with van der Waals surface area (Å²) in [7, 11) is 0. The molecule has 0 aromatic rings. The van der Waals surface area contributed by atoms with E-state index in [1.165, 1.54) is 19.4 Å². The van der Waals surface area contributed by atoms with Crippen LogP contribution in [-0.4, -0.2) is 18.6 Å². The third-order valence-electron chi connectivity index (χ3n) is 1.82. The molecule has 0 amide bonds. The van der Waals surface area contributed by atoms with E-state index in [1.54, 1.807) is 0 Å². The fourth-order valence-corrected chi connectivity index (χ4v) is 1.41. The largest absolute Gasteiger partial charge is 0.328 e. The molecule has 0 spiro atoms. The van der Waals surface area contributed by atoms with Crippen LogP contribution in [0.5, 0.6) is 0 Å². The van der Waals surface area contributed by atoms with Crippen molar-refractivity contribution in [2.45, 2.75) is 38.3 Å². The summed E-state index contributed by atoms with van der Waals surface area (Å²) in [6, 6.07) is 1.07. The van der Waals surface area contributed by atoms with Crippen LogP contribution in [0, 0.1) is 0 Å². The number of hydrogen-bond donors (Lipinski definition) is 2. The van der Waals surface area contributed by atoms with Crippen molar-refractivity contribution in [3.05, 3.63) is 0 Å². The van der Waals surface area contributed by atoms with E-state index in [1.807, 2.05) is 0 Å². The lowest BCUT2D eigenvalue weighted by molar-refractivity contribution is 0.507. The Labute approximate surface area is 56.8 Å². The standard InChI is InChI=1S/C7H16N2/c1-6(8)5-7-3-2-4-9-7/h6-7,9H,2-5,8H2,1H3. The van der Waals surface area contributed by atoms with Gasteiger partial charge in [-0.3, -0.25) is 0 Å². The highest BCUT2D eigenvalue weighted by Gasteiger charge is 2.14. The van der Waals surface area contributed by atoms with E-state index in [-0.39, 0.29) is 0 Å². The molecular formula is C7H16N2. The first kappa shape index (κ1) is 7.03. The third-order valence-corrected chi connectivity index (χ3v) is 1.82. The van der Waals surface area contributed by atoms with Crippen LogP contribution in [0.15, 0.2) is 0 Å². The van der Waals surface area contributed by atoms with Crippen molar-refractivity contribution >= 4 is 0 Å². The summed E-state index contributed by atoms with van der Waals surface area (Å²) >= 11 is 0. The Kier molecular flexibility index (Phi) is 2.49. The Morgan fingerprint density at radius 2 is 2.56 bits per heavy atom. The molecular weight excluding hydrogens is 112 g/mol. The fourth-order valence-electron chi connectivity index (χ4n) is 1.41. The number of nitrogens with one attached hydrogen (secondary N) is 1. The van der Waals surface area contributed by atoms with Crippen molar-refractivity contribution in [2.24, 2.45) is 5.73 Å². The minimum absolute atomic E-state index is 0.362. The molecule has 2 heteroatoms. The number of nitrogens with two attached hydrogens (primary N) is 1. The predicted molar refractivity (Wildman–Crippen MR) is 39.3 cm³/mol. The SMILES string of the molecule is CC(N)CC1CCCN1. The van der Waals surface area contributed by atoms with E-state index in [9.17, 15) is 0 Å². The maximum absolute atomic E-state index is 5.63. The molecule has 0 aromatic heterocycles. The molecule has 1 aliphatic rings. The highest BCUT2D eigenvalue weighted by molar-refractivity contribution is 4.76. The average molecular weight is 128 g/mol. The first-order valence-electron chi connectivity index (χ1n) is 3.78. The molecule has 54 valence electrons. The highest BCUT2D eigenvalue weighted by Crippen LogP contribution is 2.09. The Bertz CT molecular complexity index is 75.0. The second kappa shape index (κ2) is 3.18. The predicted octanol–water partition coefficient (Wildman–Crippen LogP) is 0.476. The van der Waals surface area contributed by atoms with Crippen molar-refractivity contribution in [1.29, 1.82) is 0 Å². The first-order chi connectivity index (χ1) is 4.29. The molecule has 0 aliphatic carbocycles. The van der Waals surface area contributed by atoms with E-state index in [0.29, 0.717) is 12.1 Å². The van der Waals surface area contributed by atoms with Crippen LogP contribution in [0.4, 0.5) is 0 Å². The average Bonchev–Trinajstić information content (AvgIpc) is 2.15. The van der Waals surface area contributed by atoms with Crippen LogP contribution in [0.3, 0.4) is 0 Å². The molecule has 3 N–H and O–H groups in total. The zero-order chi connectivity index (χ0) is 6.69. The van der Waals surface area contributed by atoms with Gasteiger partial charge in [-0.2, -0.15) is 0 Å². The second-order valence-electron chi connectivity index (χ2n) is 3.01. The van der Waals surface area contributed by atoms with Gasteiger partial charge < -0.3 is 11.1 Å². The fraction of sp³-hybridized carbons (Fsp3) is 1.00. The molecule has 1 rings (SSSR count). The Morgan fingerprint density at radius 1 is 1.78 bits per heavy atom. The van der Waals surface area contributed by atoms with Crippen LogP contribution in [-0.2, 0) is 0 Å². The van der Waals surface area contributed by atoms with Gasteiger partial charge in [0.2, 0.25) is 0 Å². The molecule has 0 radical (unpaired) electrons. The minimum Gasteiger partial charge on any atom is -0.328 e. The van der Waals surface area contributed by atoms with Crippen molar-refractivity contribution in [1.82, 2.24) is 5.32 Å². The summed E-state index contributed by atoms with van der Waals surface area (Å²) in [4.78, 5) is 0. The van der Waals surface area contributed by atoms with E-state index >= 15 is 0 Å². The van der Waals surface area contributed by atoms with Gasteiger partial charge in [0.1, 0.15) is 0 Å². The summed E-state index contributed by atoms with van der Waals surface area (Å²) < 4.78 is 0. The van der Waals surface area contributed by atoms with Gasteiger partial charge in [-0.05, 0) is 32.7 Å². The summed E-state index contributed by atoms with van der Waals surface area (Å²) in [5, 5.41) is 3.41. The van der Waals surface area contributed by atoms with E-state index in [2.05, 4.69) is 12.2 Å². The topological polar surface area (TPSA) is 38.0 Å². The normalized spacial score (nSPS) is 30.7. The van der Waals surface area contributed by atoms with Crippen LogP contribution >= 0.6 is 0 Å².